The van der Waals surface area contributed by atoms with Crippen molar-refractivity contribution in [1.29, 1.82) is 0 Å². The Morgan fingerprint density at radius 2 is 2.12 bits per heavy atom. The van der Waals surface area contributed by atoms with Gasteiger partial charge in [0.15, 0.2) is 5.16 Å². The molecular weight excluding hydrogens is 367 g/mol. The lowest BCUT2D eigenvalue weighted by Crippen LogP contribution is -2.23. The first kappa shape index (κ1) is 17.5. The lowest BCUT2D eigenvalue weighted by Gasteiger charge is -2.12. The van der Waals surface area contributed by atoms with E-state index in [9.17, 15) is 9.18 Å². The first-order valence-corrected chi connectivity index (χ1v) is 10.5. The highest BCUT2D eigenvalue weighted by Crippen LogP contribution is 2.35. The van der Waals surface area contributed by atoms with E-state index in [1.54, 1.807) is 34.1 Å². The third-order valence-corrected chi connectivity index (χ3v) is 6.88. The minimum atomic E-state index is -0.231. The number of aromatic nitrogens is 2. The highest BCUT2D eigenvalue weighted by molar-refractivity contribution is 7.98. The van der Waals surface area contributed by atoms with Crippen LogP contribution in [0.1, 0.15) is 28.8 Å². The van der Waals surface area contributed by atoms with Gasteiger partial charge in [0.1, 0.15) is 10.6 Å². The Balaban J connectivity index is 1.78. The summed E-state index contributed by atoms with van der Waals surface area (Å²) in [5.74, 6) is 0.206. The molecule has 1 aromatic carbocycles. The number of halogens is 1. The average molecular weight is 387 g/mol. The van der Waals surface area contributed by atoms with Gasteiger partial charge in [-0.15, -0.1) is 17.9 Å². The number of hydrogen-bond donors (Lipinski definition) is 0. The van der Waals surface area contributed by atoms with Gasteiger partial charge < -0.3 is 0 Å². The van der Waals surface area contributed by atoms with Crippen molar-refractivity contribution in [3.63, 3.8) is 0 Å². The highest BCUT2D eigenvalue weighted by atomic mass is 32.2. The smallest absolute Gasteiger partial charge is 0.263 e. The van der Waals surface area contributed by atoms with Gasteiger partial charge in [-0.05, 0) is 42.9 Å². The molecule has 3 nitrogen and oxygen atoms in total. The summed E-state index contributed by atoms with van der Waals surface area (Å²) in [5, 5.41) is 1.41. The number of thiophene rings is 1. The molecule has 2 heterocycles. The highest BCUT2D eigenvalue weighted by Gasteiger charge is 2.22. The normalized spacial score (nSPS) is 13.7. The molecule has 4 rings (SSSR count). The molecule has 0 N–H and O–H groups in total. The van der Waals surface area contributed by atoms with Crippen molar-refractivity contribution in [1.82, 2.24) is 9.55 Å². The molecular formula is C20H19FN2OS2. The summed E-state index contributed by atoms with van der Waals surface area (Å²) < 4.78 is 15.6. The van der Waals surface area contributed by atoms with E-state index in [1.165, 1.54) is 34.7 Å². The fourth-order valence-corrected chi connectivity index (χ4v) is 5.68. The second kappa shape index (κ2) is 7.37. The SMILES string of the molecule is C=CCn1c(SCc2ccccc2F)nc2sc3c(c2c1=O)CCCC3. The zero-order valence-electron chi connectivity index (χ0n) is 14.3. The van der Waals surface area contributed by atoms with Crippen LogP contribution in [0.25, 0.3) is 10.2 Å². The van der Waals surface area contributed by atoms with E-state index in [0.29, 0.717) is 23.0 Å². The Morgan fingerprint density at radius 1 is 1.31 bits per heavy atom. The Bertz CT molecular complexity index is 1040. The Kier molecular flexibility index (Phi) is 4.96. The van der Waals surface area contributed by atoms with E-state index >= 15 is 0 Å². The van der Waals surface area contributed by atoms with Gasteiger partial charge in [0.05, 0.1) is 5.39 Å². The van der Waals surface area contributed by atoms with Crippen LogP contribution in [-0.2, 0) is 25.1 Å². The first-order valence-electron chi connectivity index (χ1n) is 8.71. The fraction of sp³-hybridized carbons (Fsp3) is 0.300. The molecule has 1 aliphatic carbocycles. The molecule has 0 bridgehead atoms. The van der Waals surface area contributed by atoms with Crippen molar-refractivity contribution in [2.45, 2.75) is 43.1 Å². The Labute approximate surface area is 159 Å². The van der Waals surface area contributed by atoms with Crippen molar-refractivity contribution in [2.24, 2.45) is 0 Å². The van der Waals surface area contributed by atoms with Crippen LogP contribution in [0, 0.1) is 5.82 Å². The average Bonchev–Trinajstić information content (AvgIpc) is 3.02. The molecule has 6 heteroatoms. The summed E-state index contributed by atoms with van der Waals surface area (Å²) in [6.07, 6.45) is 6.01. The zero-order chi connectivity index (χ0) is 18.1. The fourth-order valence-electron chi connectivity index (χ4n) is 3.38. The number of benzene rings is 1. The van der Waals surface area contributed by atoms with Gasteiger partial charge in [0.25, 0.3) is 5.56 Å². The van der Waals surface area contributed by atoms with E-state index in [0.717, 1.165) is 29.5 Å². The van der Waals surface area contributed by atoms with Crippen LogP contribution < -0.4 is 5.56 Å². The summed E-state index contributed by atoms with van der Waals surface area (Å²) in [7, 11) is 0. The zero-order valence-corrected chi connectivity index (χ0v) is 16.0. The van der Waals surface area contributed by atoms with Crippen LogP contribution >= 0.6 is 23.1 Å². The van der Waals surface area contributed by atoms with E-state index in [4.69, 9.17) is 4.98 Å². The molecule has 0 spiro atoms. The van der Waals surface area contributed by atoms with E-state index < -0.39 is 0 Å². The second-order valence-electron chi connectivity index (χ2n) is 6.37. The summed E-state index contributed by atoms with van der Waals surface area (Å²) in [6.45, 7) is 4.18. The second-order valence-corrected chi connectivity index (χ2v) is 8.40. The van der Waals surface area contributed by atoms with Crippen LogP contribution in [0.4, 0.5) is 4.39 Å². The minimum absolute atomic E-state index is 0.00494. The van der Waals surface area contributed by atoms with Crippen LogP contribution in [0.3, 0.4) is 0 Å². The van der Waals surface area contributed by atoms with Gasteiger partial charge in [-0.25, -0.2) is 9.37 Å². The summed E-state index contributed by atoms with van der Waals surface area (Å²) in [4.78, 5) is 20.0. The summed E-state index contributed by atoms with van der Waals surface area (Å²) >= 11 is 3.04. The molecule has 1 aliphatic rings. The van der Waals surface area contributed by atoms with E-state index in [1.807, 2.05) is 6.07 Å². The van der Waals surface area contributed by atoms with E-state index in [-0.39, 0.29) is 11.4 Å². The van der Waals surface area contributed by atoms with Crippen LogP contribution in [0.2, 0.25) is 0 Å². The quantitative estimate of drug-likeness (QED) is 0.353. The molecule has 0 radical (unpaired) electrons. The number of hydrogen-bond acceptors (Lipinski definition) is 4. The molecule has 0 saturated carbocycles. The van der Waals surface area contributed by atoms with Crippen molar-refractivity contribution in [2.75, 3.05) is 0 Å². The lowest BCUT2D eigenvalue weighted by atomic mass is 9.97. The van der Waals surface area contributed by atoms with Crippen LogP contribution in [-0.4, -0.2) is 9.55 Å². The lowest BCUT2D eigenvalue weighted by molar-refractivity contribution is 0.617. The molecule has 3 aromatic rings. The largest absolute Gasteiger partial charge is 0.283 e. The van der Waals surface area contributed by atoms with E-state index in [2.05, 4.69) is 6.58 Å². The van der Waals surface area contributed by atoms with Gasteiger partial charge in [0.2, 0.25) is 0 Å². The van der Waals surface area contributed by atoms with Gasteiger partial charge in [-0.1, -0.05) is 36.0 Å². The topological polar surface area (TPSA) is 34.9 Å². The van der Waals surface area contributed by atoms with Crippen LogP contribution in [0.5, 0.6) is 0 Å². The van der Waals surface area contributed by atoms with Gasteiger partial charge in [0, 0.05) is 17.2 Å². The maximum Gasteiger partial charge on any atom is 0.263 e. The summed E-state index contributed by atoms with van der Waals surface area (Å²) in [5.41, 5.74) is 1.81. The minimum Gasteiger partial charge on any atom is -0.283 e. The third kappa shape index (κ3) is 3.12. The van der Waals surface area contributed by atoms with Crippen molar-refractivity contribution in [3.05, 3.63) is 69.1 Å². The molecule has 0 atom stereocenters. The Hall–Kier alpha value is -1.92. The van der Waals surface area contributed by atoms with Gasteiger partial charge >= 0.3 is 0 Å². The van der Waals surface area contributed by atoms with Gasteiger partial charge in [-0.2, -0.15) is 0 Å². The van der Waals surface area contributed by atoms with Crippen molar-refractivity contribution < 1.29 is 4.39 Å². The van der Waals surface area contributed by atoms with Crippen molar-refractivity contribution >= 4 is 33.3 Å². The maximum absolute atomic E-state index is 13.9. The Morgan fingerprint density at radius 3 is 2.92 bits per heavy atom. The maximum atomic E-state index is 13.9. The molecule has 2 aromatic heterocycles. The third-order valence-electron chi connectivity index (χ3n) is 4.67. The molecule has 0 fully saturated rings. The molecule has 0 amide bonds. The molecule has 0 unspecified atom stereocenters. The molecule has 0 saturated heterocycles. The predicted octanol–water partition coefficient (Wildman–Crippen LogP) is 4.95. The molecule has 134 valence electrons. The number of aryl methyl sites for hydroxylation is 2. The van der Waals surface area contributed by atoms with Crippen LogP contribution in [0.15, 0.2) is 46.9 Å². The monoisotopic (exact) mass is 386 g/mol. The number of fused-ring (bicyclic) bond motifs is 3. The molecule has 26 heavy (non-hydrogen) atoms. The number of allylic oxidation sites excluding steroid dienone is 1. The number of thioether (sulfide) groups is 1. The summed E-state index contributed by atoms with van der Waals surface area (Å²) in [6, 6.07) is 6.72. The number of nitrogens with zero attached hydrogens (tertiary/aromatic N) is 2. The number of rotatable bonds is 5. The van der Waals surface area contributed by atoms with Crippen molar-refractivity contribution in [3.8, 4) is 0 Å². The molecule has 0 aliphatic heterocycles. The first-order chi connectivity index (χ1) is 12.7. The standard InChI is InChI=1S/C20H19FN2OS2/c1-2-11-23-19(24)17-14-8-4-6-10-16(14)26-18(17)22-20(23)25-12-13-7-3-5-9-15(13)21/h2-3,5,7,9H,1,4,6,8,10-12H2. The van der Waals surface area contributed by atoms with Gasteiger partial charge in [-0.3, -0.25) is 9.36 Å². The predicted molar refractivity (Wildman–Crippen MR) is 107 cm³/mol.